The third-order valence-corrected chi connectivity index (χ3v) is 3.02. The van der Waals surface area contributed by atoms with Gasteiger partial charge in [0.15, 0.2) is 0 Å². The first-order valence-corrected chi connectivity index (χ1v) is 7.35. The van der Waals surface area contributed by atoms with Crippen molar-refractivity contribution in [1.82, 2.24) is 5.32 Å². The van der Waals surface area contributed by atoms with Crippen LogP contribution in [0.5, 0.6) is 0 Å². The van der Waals surface area contributed by atoms with Crippen molar-refractivity contribution in [3.63, 3.8) is 0 Å². The lowest BCUT2D eigenvalue weighted by molar-refractivity contribution is -0.116. The normalized spacial score (nSPS) is 11.2. The second kappa shape index (κ2) is 7.98. The molecule has 0 saturated heterocycles. The van der Waals surface area contributed by atoms with Gasteiger partial charge in [0.1, 0.15) is 5.82 Å². The van der Waals surface area contributed by atoms with E-state index in [-0.39, 0.29) is 12.4 Å². The van der Waals surface area contributed by atoms with Crippen molar-refractivity contribution in [3.05, 3.63) is 29.6 Å². The molecular formula is C16H26FN3O. The molecule has 0 aliphatic heterocycles. The minimum Gasteiger partial charge on any atom is -0.368 e. The number of carbonyl (C=O) groups excluding carboxylic acids is 1. The first-order chi connectivity index (χ1) is 9.81. The molecule has 5 heteroatoms. The van der Waals surface area contributed by atoms with Gasteiger partial charge < -0.3 is 16.0 Å². The predicted molar refractivity (Wildman–Crippen MR) is 84.6 cm³/mol. The number of nitrogens with zero attached hydrogens (tertiary/aromatic N) is 1. The Hall–Kier alpha value is -1.62. The van der Waals surface area contributed by atoms with E-state index in [1.54, 1.807) is 11.0 Å². The molecule has 0 spiro atoms. The molecule has 0 fully saturated rings. The Morgan fingerprint density at radius 2 is 2.00 bits per heavy atom. The number of carbonyl (C=O) groups is 1. The van der Waals surface area contributed by atoms with Crippen molar-refractivity contribution in [3.8, 4) is 0 Å². The minimum atomic E-state index is -0.457. The molecular weight excluding hydrogens is 269 g/mol. The molecule has 3 N–H and O–H groups in total. The van der Waals surface area contributed by atoms with Crippen molar-refractivity contribution in [2.24, 2.45) is 11.7 Å². The Labute approximate surface area is 126 Å². The number of primary amides is 1. The third-order valence-electron chi connectivity index (χ3n) is 3.02. The van der Waals surface area contributed by atoms with E-state index in [4.69, 9.17) is 5.73 Å². The van der Waals surface area contributed by atoms with Crippen molar-refractivity contribution in [1.29, 1.82) is 0 Å². The van der Waals surface area contributed by atoms with Gasteiger partial charge in [-0.15, -0.1) is 0 Å². The fraction of sp³-hybridized carbons (Fsp3) is 0.562. The first-order valence-electron chi connectivity index (χ1n) is 7.35. The predicted octanol–water partition coefficient (Wildman–Crippen LogP) is 2.27. The summed E-state index contributed by atoms with van der Waals surface area (Å²) in [6.07, 6.45) is 0. The van der Waals surface area contributed by atoms with Gasteiger partial charge in [-0.1, -0.05) is 39.8 Å². The van der Waals surface area contributed by atoms with Crippen LogP contribution in [-0.4, -0.2) is 25.0 Å². The summed E-state index contributed by atoms with van der Waals surface area (Å²) in [6, 6.07) is 5.29. The largest absolute Gasteiger partial charge is 0.368 e. The van der Waals surface area contributed by atoms with Crippen LogP contribution in [0, 0.1) is 11.7 Å². The number of para-hydroxylation sites is 1. The SMILES string of the molecule is CC(C)CN(CC(N)=O)c1c(F)cccc1CNC(C)C. The van der Waals surface area contributed by atoms with E-state index in [0.29, 0.717) is 30.7 Å². The van der Waals surface area contributed by atoms with Crippen LogP contribution in [0.4, 0.5) is 10.1 Å². The molecule has 118 valence electrons. The smallest absolute Gasteiger partial charge is 0.236 e. The van der Waals surface area contributed by atoms with Gasteiger partial charge in [0.2, 0.25) is 5.91 Å². The van der Waals surface area contributed by atoms with Crippen molar-refractivity contribution >= 4 is 11.6 Å². The first kappa shape index (κ1) is 17.4. The average Bonchev–Trinajstić information content (AvgIpc) is 2.34. The van der Waals surface area contributed by atoms with Gasteiger partial charge in [0.05, 0.1) is 12.2 Å². The van der Waals surface area contributed by atoms with Crippen LogP contribution in [0.3, 0.4) is 0 Å². The molecule has 4 nitrogen and oxygen atoms in total. The molecule has 1 aromatic rings. The summed E-state index contributed by atoms with van der Waals surface area (Å²) in [6.45, 7) is 9.29. The lowest BCUT2D eigenvalue weighted by Crippen LogP contribution is -2.38. The fourth-order valence-corrected chi connectivity index (χ4v) is 2.23. The van der Waals surface area contributed by atoms with Gasteiger partial charge in [-0.3, -0.25) is 4.79 Å². The number of anilines is 1. The number of rotatable bonds is 8. The van der Waals surface area contributed by atoms with E-state index in [1.807, 2.05) is 33.8 Å². The summed E-state index contributed by atoms with van der Waals surface area (Å²) < 4.78 is 14.3. The molecule has 1 rings (SSSR count). The molecule has 0 bridgehead atoms. The summed E-state index contributed by atoms with van der Waals surface area (Å²) >= 11 is 0. The summed E-state index contributed by atoms with van der Waals surface area (Å²) in [5.74, 6) is -0.475. The molecule has 0 saturated carbocycles. The van der Waals surface area contributed by atoms with Gasteiger partial charge in [-0.2, -0.15) is 0 Å². The lowest BCUT2D eigenvalue weighted by Gasteiger charge is -2.28. The number of nitrogens with two attached hydrogens (primary N) is 1. The lowest BCUT2D eigenvalue weighted by atomic mass is 10.1. The third kappa shape index (κ3) is 5.71. The van der Waals surface area contributed by atoms with E-state index in [1.165, 1.54) is 6.07 Å². The standard InChI is InChI=1S/C16H26FN3O/c1-11(2)9-20(10-15(18)21)16-13(8-19-12(3)4)6-5-7-14(16)17/h5-7,11-12,19H,8-10H2,1-4H3,(H2,18,21). The second-order valence-electron chi connectivity index (χ2n) is 6.02. The summed E-state index contributed by atoms with van der Waals surface area (Å²) in [5.41, 5.74) is 6.62. The zero-order valence-electron chi connectivity index (χ0n) is 13.3. The van der Waals surface area contributed by atoms with Crippen LogP contribution < -0.4 is 16.0 Å². The topological polar surface area (TPSA) is 58.4 Å². The molecule has 0 unspecified atom stereocenters. The maximum absolute atomic E-state index is 14.3. The van der Waals surface area contributed by atoms with Crippen LogP contribution in [0.15, 0.2) is 18.2 Å². The Kier molecular flexibility index (Phi) is 6.62. The van der Waals surface area contributed by atoms with Gasteiger partial charge in [0, 0.05) is 19.1 Å². The van der Waals surface area contributed by atoms with Crippen LogP contribution >= 0.6 is 0 Å². The highest BCUT2D eigenvalue weighted by atomic mass is 19.1. The second-order valence-corrected chi connectivity index (χ2v) is 6.02. The molecule has 1 amide bonds. The van der Waals surface area contributed by atoms with Crippen LogP contribution in [-0.2, 0) is 11.3 Å². The fourth-order valence-electron chi connectivity index (χ4n) is 2.23. The maximum atomic E-state index is 14.3. The van der Waals surface area contributed by atoms with Gasteiger partial charge in [-0.05, 0) is 17.5 Å². The molecule has 0 heterocycles. The highest BCUT2D eigenvalue weighted by Crippen LogP contribution is 2.25. The summed E-state index contributed by atoms with van der Waals surface area (Å²) in [4.78, 5) is 13.0. The quantitative estimate of drug-likeness (QED) is 0.773. The van der Waals surface area contributed by atoms with E-state index >= 15 is 0 Å². The monoisotopic (exact) mass is 295 g/mol. The molecule has 0 aliphatic rings. The van der Waals surface area contributed by atoms with Crippen molar-refractivity contribution < 1.29 is 9.18 Å². The Morgan fingerprint density at radius 3 is 2.52 bits per heavy atom. The van der Waals surface area contributed by atoms with E-state index < -0.39 is 5.91 Å². The number of hydrogen-bond donors (Lipinski definition) is 2. The Balaban J connectivity index is 3.11. The zero-order chi connectivity index (χ0) is 16.0. The summed E-state index contributed by atoms with van der Waals surface area (Å²) in [5, 5.41) is 3.28. The number of nitrogens with one attached hydrogen (secondary N) is 1. The Bertz CT molecular complexity index is 475. The van der Waals surface area contributed by atoms with Gasteiger partial charge in [0.25, 0.3) is 0 Å². The molecule has 21 heavy (non-hydrogen) atoms. The average molecular weight is 295 g/mol. The van der Waals surface area contributed by atoms with Gasteiger partial charge >= 0.3 is 0 Å². The number of benzene rings is 1. The number of hydrogen-bond acceptors (Lipinski definition) is 3. The highest BCUT2D eigenvalue weighted by molar-refractivity contribution is 5.80. The van der Waals surface area contributed by atoms with Crippen molar-refractivity contribution in [2.45, 2.75) is 40.3 Å². The minimum absolute atomic E-state index is 0.0216. The van der Waals surface area contributed by atoms with Crippen LogP contribution in [0.1, 0.15) is 33.3 Å². The highest BCUT2D eigenvalue weighted by Gasteiger charge is 2.18. The molecule has 0 atom stereocenters. The van der Waals surface area contributed by atoms with Crippen LogP contribution in [0.25, 0.3) is 0 Å². The number of halogens is 1. The Morgan fingerprint density at radius 1 is 1.33 bits per heavy atom. The molecule has 1 aromatic carbocycles. The van der Waals surface area contributed by atoms with Gasteiger partial charge in [-0.25, -0.2) is 4.39 Å². The summed E-state index contributed by atoms with van der Waals surface area (Å²) in [7, 11) is 0. The van der Waals surface area contributed by atoms with E-state index in [2.05, 4.69) is 5.32 Å². The molecule has 0 radical (unpaired) electrons. The maximum Gasteiger partial charge on any atom is 0.236 e. The van der Waals surface area contributed by atoms with Crippen molar-refractivity contribution in [2.75, 3.05) is 18.0 Å². The van der Waals surface area contributed by atoms with Crippen LogP contribution in [0.2, 0.25) is 0 Å². The molecule has 0 aromatic heterocycles. The zero-order valence-corrected chi connectivity index (χ0v) is 13.3. The van der Waals surface area contributed by atoms with E-state index in [0.717, 1.165) is 5.56 Å². The number of amides is 1. The molecule has 0 aliphatic carbocycles. The van der Waals surface area contributed by atoms with E-state index in [9.17, 15) is 9.18 Å².